The van der Waals surface area contributed by atoms with E-state index in [1.165, 1.54) is 17.7 Å². The Hall–Kier alpha value is -2.41. The fourth-order valence-electron chi connectivity index (χ4n) is 2.09. The van der Waals surface area contributed by atoms with Gasteiger partial charge in [-0.15, -0.1) is 0 Å². The van der Waals surface area contributed by atoms with Crippen LogP contribution in [0.15, 0.2) is 23.0 Å². The van der Waals surface area contributed by atoms with Crippen LogP contribution in [0.3, 0.4) is 0 Å². The lowest BCUT2D eigenvalue weighted by atomic mass is 10.1. The summed E-state index contributed by atoms with van der Waals surface area (Å²) in [4.78, 5) is 24.3. The Morgan fingerprint density at radius 3 is 2.55 bits per heavy atom. The first-order valence-corrected chi connectivity index (χ1v) is 6.62. The monoisotopic (exact) mass is 322 g/mol. The third kappa shape index (κ3) is 2.23. The molecule has 112 valence electrons. The summed E-state index contributed by atoms with van der Waals surface area (Å²) in [6, 6.07) is 3.04. The molecule has 8 heteroatoms. The molecule has 0 aliphatic carbocycles. The summed E-state index contributed by atoms with van der Waals surface area (Å²) < 4.78 is 28.4. The summed E-state index contributed by atoms with van der Waals surface area (Å²) in [5, 5.41) is -0.214. The normalized spacial score (nSPS) is 11.1. The molecule has 1 aromatic carbocycles. The van der Waals surface area contributed by atoms with Gasteiger partial charge in [0.1, 0.15) is 28.7 Å². The molecular formula is C14H9ClF2N4O. The van der Waals surface area contributed by atoms with Gasteiger partial charge in [-0.05, 0) is 30.7 Å². The summed E-state index contributed by atoms with van der Waals surface area (Å²) in [5.41, 5.74) is -0.276. The van der Waals surface area contributed by atoms with Crippen molar-refractivity contribution in [2.24, 2.45) is 7.05 Å². The molecular weight excluding hydrogens is 314 g/mol. The third-order valence-corrected chi connectivity index (χ3v) is 3.48. The predicted molar refractivity (Wildman–Crippen MR) is 77.7 cm³/mol. The molecule has 2 aromatic heterocycles. The molecule has 0 bridgehead atoms. The first kappa shape index (κ1) is 14.5. The van der Waals surface area contributed by atoms with E-state index in [1.54, 1.807) is 6.92 Å². The zero-order valence-corrected chi connectivity index (χ0v) is 12.3. The summed E-state index contributed by atoms with van der Waals surface area (Å²) >= 11 is 5.83. The van der Waals surface area contributed by atoms with Crippen LogP contribution in [-0.4, -0.2) is 19.5 Å². The van der Waals surface area contributed by atoms with E-state index in [9.17, 15) is 13.6 Å². The molecule has 3 rings (SSSR count). The van der Waals surface area contributed by atoms with Crippen LogP contribution < -0.4 is 5.56 Å². The number of halogens is 3. The first-order valence-electron chi connectivity index (χ1n) is 6.25. The van der Waals surface area contributed by atoms with Crippen molar-refractivity contribution in [3.63, 3.8) is 0 Å². The SMILES string of the molecule is Cc1nc2c(-c3ccc(F)cc3F)nc(Cl)nc2c(=O)n1C. The van der Waals surface area contributed by atoms with Crippen molar-refractivity contribution in [1.82, 2.24) is 19.5 Å². The highest BCUT2D eigenvalue weighted by atomic mass is 35.5. The van der Waals surface area contributed by atoms with Gasteiger partial charge in [0.15, 0.2) is 5.52 Å². The van der Waals surface area contributed by atoms with Gasteiger partial charge in [-0.3, -0.25) is 9.36 Å². The summed E-state index contributed by atoms with van der Waals surface area (Å²) in [5.74, 6) is -1.13. The van der Waals surface area contributed by atoms with Crippen molar-refractivity contribution in [2.75, 3.05) is 0 Å². The molecule has 5 nitrogen and oxygen atoms in total. The van der Waals surface area contributed by atoms with Crippen molar-refractivity contribution in [3.8, 4) is 11.3 Å². The second kappa shape index (κ2) is 5.10. The van der Waals surface area contributed by atoms with E-state index in [0.29, 0.717) is 5.82 Å². The Labute approximate surface area is 128 Å². The Morgan fingerprint density at radius 2 is 1.86 bits per heavy atom. The highest BCUT2D eigenvalue weighted by Gasteiger charge is 2.18. The second-order valence-electron chi connectivity index (χ2n) is 4.69. The third-order valence-electron chi connectivity index (χ3n) is 3.31. The average Bonchev–Trinajstić information content (AvgIpc) is 2.46. The van der Waals surface area contributed by atoms with Gasteiger partial charge < -0.3 is 0 Å². The Balaban J connectivity index is 2.46. The fraction of sp³-hybridized carbons (Fsp3) is 0.143. The lowest BCUT2D eigenvalue weighted by Gasteiger charge is -2.09. The predicted octanol–water partition coefficient (Wildman–Crippen LogP) is 2.63. The molecule has 0 aliphatic rings. The van der Waals surface area contributed by atoms with E-state index in [4.69, 9.17) is 11.6 Å². The van der Waals surface area contributed by atoms with Crippen LogP contribution in [0.4, 0.5) is 8.78 Å². The van der Waals surface area contributed by atoms with Crippen molar-refractivity contribution in [2.45, 2.75) is 6.92 Å². The first-order chi connectivity index (χ1) is 10.4. The minimum absolute atomic E-state index is 0.00384. The van der Waals surface area contributed by atoms with Crippen LogP contribution in [0.25, 0.3) is 22.3 Å². The zero-order valence-electron chi connectivity index (χ0n) is 11.6. The van der Waals surface area contributed by atoms with Crippen LogP contribution >= 0.6 is 11.6 Å². The highest BCUT2D eigenvalue weighted by molar-refractivity contribution is 6.28. The van der Waals surface area contributed by atoms with Crippen molar-refractivity contribution < 1.29 is 8.78 Å². The average molecular weight is 323 g/mol. The Kier molecular flexibility index (Phi) is 3.37. The molecule has 3 aromatic rings. The highest BCUT2D eigenvalue weighted by Crippen LogP contribution is 2.27. The maximum Gasteiger partial charge on any atom is 0.279 e. The van der Waals surface area contributed by atoms with E-state index in [2.05, 4.69) is 15.0 Å². The quantitative estimate of drug-likeness (QED) is 0.646. The van der Waals surface area contributed by atoms with Crippen LogP contribution in [0.1, 0.15) is 5.82 Å². The van der Waals surface area contributed by atoms with Gasteiger partial charge in [-0.2, -0.15) is 0 Å². The molecule has 22 heavy (non-hydrogen) atoms. The summed E-state index contributed by atoms with van der Waals surface area (Å²) in [6.45, 7) is 1.63. The Morgan fingerprint density at radius 1 is 1.14 bits per heavy atom. The van der Waals surface area contributed by atoms with E-state index < -0.39 is 17.2 Å². The van der Waals surface area contributed by atoms with Crippen molar-refractivity contribution in [1.29, 1.82) is 0 Å². The van der Waals surface area contributed by atoms with Crippen LogP contribution in [0, 0.1) is 18.6 Å². The summed E-state index contributed by atoms with van der Waals surface area (Å²) in [6.07, 6.45) is 0. The number of aromatic nitrogens is 4. The molecule has 0 N–H and O–H groups in total. The molecule has 0 radical (unpaired) electrons. The van der Waals surface area contributed by atoms with Crippen molar-refractivity contribution in [3.05, 3.63) is 51.3 Å². The van der Waals surface area contributed by atoms with Gasteiger partial charge in [0.25, 0.3) is 5.56 Å². The largest absolute Gasteiger partial charge is 0.298 e. The molecule has 0 fully saturated rings. The maximum absolute atomic E-state index is 14.0. The van der Waals surface area contributed by atoms with Gasteiger partial charge in [0.05, 0.1) is 0 Å². The molecule has 0 atom stereocenters. The molecule has 0 saturated heterocycles. The van der Waals surface area contributed by atoms with Gasteiger partial charge in [0.2, 0.25) is 5.28 Å². The number of fused-ring (bicyclic) bond motifs is 1. The zero-order chi connectivity index (χ0) is 16.0. The van der Waals surface area contributed by atoms with E-state index >= 15 is 0 Å². The molecule has 2 heterocycles. The topological polar surface area (TPSA) is 60.7 Å². The van der Waals surface area contributed by atoms with Gasteiger partial charge >= 0.3 is 0 Å². The lowest BCUT2D eigenvalue weighted by Crippen LogP contribution is -2.22. The van der Waals surface area contributed by atoms with E-state index in [0.717, 1.165) is 12.1 Å². The molecule has 0 spiro atoms. The molecule has 0 saturated carbocycles. The van der Waals surface area contributed by atoms with Crippen LogP contribution in [0.5, 0.6) is 0 Å². The summed E-state index contributed by atoms with van der Waals surface area (Å²) in [7, 11) is 1.54. The second-order valence-corrected chi connectivity index (χ2v) is 5.02. The van der Waals surface area contributed by atoms with Gasteiger partial charge in [0, 0.05) is 18.7 Å². The smallest absolute Gasteiger partial charge is 0.279 e. The number of hydrogen-bond donors (Lipinski definition) is 0. The number of aryl methyl sites for hydroxylation is 1. The minimum atomic E-state index is -0.823. The standard InChI is InChI=1S/C14H9ClF2N4O/c1-6-18-11-10(8-4-3-7(16)5-9(8)17)19-14(15)20-12(11)13(22)21(6)2/h3-5H,1-2H3. The van der Waals surface area contributed by atoms with Crippen molar-refractivity contribution >= 4 is 22.6 Å². The molecule has 0 aliphatic heterocycles. The molecule has 0 amide bonds. The maximum atomic E-state index is 14.0. The van der Waals surface area contributed by atoms with Crippen LogP contribution in [0.2, 0.25) is 5.28 Å². The Bertz CT molecular complexity index is 971. The number of nitrogens with zero attached hydrogens (tertiary/aromatic N) is 4. The number of rotatable bonds is 1. The van der Waals surface area contributed by atoms with E-state index in [1.807, 2.05) is 0 Å². The van der Waals surface area contributed by atoms with Crippen LogP contribution in [-0.2, 0) is 7.05 Å². The number of hydrogen-bond acceptors (Lipinski definition) is 4. The van der Waals surface area contributed by atoms with Gasteiger partial charge in [-0.25, -0.2) is 23.7 Å². The fourth-order valence-corrected chi connectivity index (χ4v) is 2.26. The minimum Gasteiger partial charge on any atom is -0.298 e. The van der Waals surface area contributed by atoms with E-state index in [-0.39, 0.29) is 27.6 Å². The lowest BCUT2D eigenvalue weighted by molar-refractivity contribution is 0.585. The number of benzene rings is 1. The molecule has 0 unspecified atom stereocenters. The van der Waals surface area contributed by atoms with Gasteiger partial charge in [-0.1, -0.05) is 0 Å².